The van der Waals surface area contributed by atoms with Crippen LogP contribution in [-0.4, -0.2) is 53.3 Å². The minimum Gasteiger partial charge on any atom is -0.480 e. The molecule has 0 aliphatic rings. The van der Waals surface area contributed by atoms with Gasteiger partial charge in [0.1, 0.15) is 11.8 Å². The first-order chi connectivity index (χ1) is 12.5. The lowest BCUT2D eigenvalue weighted by Crippen LogP contribution is -2.46. The van der Waals surface area contributed by atoms with Gasteiger partial charge in [-0.15, -0.1) is 13.2 Å². The second kappa shape index (κ2) is 9.79. The lowest BCUT2D eigenvalue weighted by Gasteiger charge is -2.27. The summed E-state index contributed by atoms with van der Waals surface area (Å²) in [7, 11) is 0. The topological polar surface area (TPSA) is 95.9 Å². The van der Waals surface area contributed by atoms with Crippen molar-refractivity contribution in [2.45, 2.75) is 39.1 Å². The molecule has 0 bridgehead atoms. The second-order valence-electron chi connectivity index (χ2n) is 5.74. The molecule has 0 radical (unpaired) electrons. The molecule has 2 amide bonds. The predicted octanol–water partition coefficient (Wildman–Crippen LogP) is 1.96. The van der Waals surface area contributed by atoms with E-state index in [0.29, 0.717) is 0 Å². The Balaban J connectivity index is 2.81. The number of ether oxygens (including phenoxy) is 1. The van der Waals surface area contributed by atoms with E-state index < -0.39 is 30.0 Å². The Bertz CT molecular complexity index is 679. The fraction of sp³-hybridized carbons (Fsp3) is 0.471. The number of hydrogen-bond donors (Lipinski definition) is 2. The molecule has 150 valence electrons. The van der Waals surface area contributed by atoms with E-state index in [9.17, 15) is 27.6 Å². The number of nitrogens with one attached hydrogen (secondary N) is 1. The number of carbonyl (C=O) groups excluding carboxylic acids is 2. The predicted molar refractivity (Wildman–Crippen MR) is 88.9 cm³/mol. The highest BCUT2D eigenvalue weighted by Gasteiger charge is 2.32. The highest BCUT2D eigenvalue weighted by atomic mass is 19.4. The Morgan fingerprint density at radius 2 is 1.89 bits per heavy atom. The summed E-state index contributed by atoms with van der Waals surface area (Å²) in [5.74, 6) is -2.53. The first kappa shape index (κ1) is 22.3. The van der Waals surface area contributed by atoms with Crippen molar-refractivity contribution in [3.05, 3.63) is 29.8 Å². The van der Waals surface area contributed by atoms with Crippen LogP contribution in [0, 0.1) is 0 Å². The number of aryl methyl sites for hydroxylation is 1. The van der Waals surface area contributed by atoms with Gasteiger partial charge in [0.2, 0.25) is 11.8 Å². The van der Waals surface area contributed by atoms with Gasteiger partial charge in [0.15, 0.2) is 0 Å². The minimum absolute atomic E-state index is 0.0351. The molecule has 7 nitrogen and oxygen atoms in total. The molecule has 1 aromatic carbocycles. The number of nitrogens with zero attached hydrogens (tertiary/aromatic N) is 1. The molecule has 0 saturated carbocycles. The van der Waals surface area contributed by atoms with Gasteiger partial charge < -0.3 is 20.1 Å². The van der Waals surface area contributed by atoms with Crippen molar-refractivity contribution < 1.29 is 37.4 Å². The van der Waals surface area contributed by atoms with Crippen LogP contribution < -0.4 is 10.1 Å². The number of hydrogen-bond acceptors (Lipinski definition) is 4. The van der Waals surface area contributed by atoms with Crippen LogP contribution in [0.3, 0.4) is 0 Å². The second-order valence-corrected chi connectivity index (χ2v) is 5.74. The molecule has 0 aliphatic heterocycles. The van der Waals surface area contributed by atoms with E-state index in [0.717, 1.165) is 11.0 Å². The lowest BCUT2D eigenvalue weighted by molar-refractivity contribution is -0.274. The monoisotopic (exact) mass is 390 g/mol. The van der Waals surface area contributed by atoms with Crippen LogP contribution in [0.15, 0.2) is 24.3 Å². The molecule has 1 aromatic rings. The molecule has 0 aliphatic carbocycles. The summed E-state index contributed by atoms with van der Waals surface area (Å²) >= 11 is 0. The largest absolute Gasteiger partial charge is 0.573 e. The highest BCUT2D eigenvalue weighted by molar-refractivity contribution is 5.83. The summed E-state index contributed by atoms with van der Waals surface area (Å²) in [4.78, 5) is 35.6. The number of para-hydroxylation sites is 1. The molecular weight excluding hydrogens is 369 g/mol. The van der Waals surface area contributed by atoms with Crippen LogP contribution in [0.1, 0.15) is 25.8 Å². The van der Waals surface area contributed by atoms with Gasteiger partial charge in [-0.1, -0.05) is 18.2 Å². The van der Waals surface area contributed by atoms with E-state index in [1.165, 1.54) is 32.0 Å². The number of rotatable bonds is 9. The average molecular weight is 390 g/mol. The maximum Gasteiger partial charge on any atom is 0.573 e. The average Bonchev–Trinajstić information content (AvgIpc) is 2.55. The number of benzene rings is 1. The van der Waals surface area contributed by atoms with Crippen LogP contribution in [0.4, 0.5) is 13.2 Å². The van der Waals surface area contributed by atoms with Crippen LogP contribution in [0.2, 0.25) is 0 Å². The summed E-state index contributed by atoms with van der Waals surface area (Å²) in [5.41, 5.74) is 0.174. The molecule has 0 aromatic heterocycles. The molecule has 2 N–H and O–H groups in total. The highest BCUT2D eigenvalue weighted by Crippen LogP contribution is 2.27. The van der Waals surface area contributed by atoms with Crippen molar-refractivity contribution in [2.24, 2.45) is 0 Å². The molecule has 0 fully saturated rings. The van der Waals surface area contributed by atoms with E-state index in [-0.39, 0.29) is 37.4 Å². The zero-order valence-electron chi connectivity index (χ0n) is 14.9. The van der Waals surface area contributed by atoms with E-state index in [1.807, 2.05) is 0 Å². The number of halogens is 3. The number of aliphatic carboxylic acids is 1. The quantitative estimate of drug-likeness (QED) is 0.672. The maximum atomic E-state index is 12.5. The van der Waals surface area contributed by atoms with E-state index in [1.54, 1.807) is 0 Å². The van der Waals surface area contributed by atoms with Gasteiger partial charge >= 0.3 is 12.3 Å². The molecular formula is C17H21F3N2O5. The van der Waals surface area contributed by atoms with Crippen molar-refractivity contribution in [3.63, 3.8) is 0 Å². The van der Waals surface area contributed by atoms with E-state index in [2.05, 4.69) is 10.1 Å². The Kier molecular flexibility index (Phi) is 8.07. The summed E-state index contributed by atoms with van der Waals surface area (Å²) < 4.78 is 41.3. The Labute approximate surface area is 154 Å². The molecule has 0 saturated heterocycles. The van der Waals surface area contributed by atoms with Crippen molar-refractivity contribution in [3.8, 4) is 5.75 Å². The van der Waals surface area contributed by atoms with Gasteiger partial charge in [-0.05, 0) is 25.0 Å². The minimum atomic E-state index is -4.86. The molecule has 27 heavy (non-hydrogen) atoms. The van der Waals surface area contributed by atoms with Crippen LogP contribution in [0.5, 0.6) is 5.75 Å². The summed E-state index contributed by atoms with van der Waals surface area (Å²) in [6, 6.07) is 4.28. The third kappa shape index (κ3) is 7.97. The van der Waals surface area contributed by atoms with Gasteiger partial charge in [-0.3, -0.25) is 9.59 Å². The summed E-state index contributed by atoms with van der Waals surface area (Å²) in [5, 5.41) is 11.6. The van der Waals surface area contributed by atoms with Crippen LogP contribution in [-0.2, 0) is 20.8 Å². The lowest BCUT2D eigenvalue weighted by atomic mass is 10.1. The fourth-order valence-corrected chi connectivity index (χ4v) is 2.34. The molecule has 0 heterocycles. The van der Waals surface area contributed by atoms with Crippen molar-refractivity contribution in [1.29, 1.82) is 0 Å². The zero-order valence-corrected chi connectivity index (χ0v) is 14.9. The molecule has 10 heteroatoms. The first-order valence-electron chi connectivity index (χ1n) is 8.11. The smallest absolute Gasteiger partial charge is 0.480 e. The van der Waals surface area contributed by atoms with Gasteiger partial charge in [-0.2, -0.15) is 0 Å². The fourth-order valence-electron chi connectivity index (χ4n) is 2.34. The number of carbonyl (C=O) groups is 3. The van der Waals surface area contributed by atoms with Crippen LogP contribution >= 0.6 is 0 Å². The van der Waals surface area contributed by atoms with E-state index >= 15 is 0 Å². The Morgan fingerprint density at radius 1 is 1.26 bits per heavy atom. The molecule has 1 unspecified atom stereocenters. The van der Waals surface area contributed by atoms with Gasteiger partial charge in [0.25, 0.3) is 0 Å². The molecule has 1 rings (SSSR count). The van der Waals surface area contributed by atoms with Gasteiger partial charge in [0, 0.05) is 26.4 Å². The zero-order chi connectivity index (χ0) is 20.6. The van der Waals surface area contributed by atoms with Gasteiger partial charge in [-0.25, -0.2) is 4.79 Å². The van der Waals surface area contributed by atoms with Gasteiger partial charge in [0.05, 0.1) is 0 Å². The number of alkyl halides is 3. The molecule has 0 spiro atoms. The molecule has 1 atom stereocenters. The third-order valence-electron chi connectivity index (χ3n) is 3.68. The third-order valence-corrected chi connectivity index (χ3v) is 3.68. The van der Waals surface area contributed by atoms with Crippen molar-refractivity contribution in [1.82, 2.24) is 10.2 Å². The SMILES string of the molecule is CC(=O)NCCN(C(=O)CCc1ccccc1OC(F)(F)F)C(C)C(=O)O. The Hall–Kier alpha value is -2.78. The maximum absolute atomic E-state index is 12.5. The van der Waals surface area contributed by atoms with E-state index in [4.69, 9.17) is 5.11 Å². The number of carboxylic acid groups (broad SMARTS) is 1. The number of carboxylic acids is 1. The van der Waals surface area contributed by atoms with Crippen molar-refractivity contribution in [2.75, 3.05) is 13.1 Å². The number of amides is 2. The summed E-state index contributed by atoms with van der Waals surface area (Å²) in [6.07, 6.45) is -5.13. The van der Waals surface area contributed by atoms with Crippen LogP contribution in [0.25, 0.3) is 0 Å². The Morgan fingerprint density at radius 3 is 2.44 bits per heavy atom. The van der Waals surface area contributed by atoms with Crippen molar-refractivity contribution >= 4 is 17.8 Å². The normalized spacial score (nSPS) is 12.2. The first-order valence-corrected chi connectivity index (χ1v) is 8.11. The summed E-state index contributed by atoms with van der Waals surface area (Å²) in [6.45, 7) is 2.62. The standard InChI is InChI=1S/C17H21F3N2O5/c1-11(16(25)26)22(10-9-21-12(2)23)15(24)8-7-13-5-3-4-6-14(13)27-17(18,19)20/h3-6,11H,7-10H2,1-2H3,(H,21,23)(H,25,26).